The first kappa shape index (κ1) is 15.2. The van der Waals surface area contributed by atoms with E-state index in [0.717, 1.165) is 13.1 Å². The van der Waals surface area contributed by atoms with Crippen molar-refractivity contribution in [2.75, 3.05) is 37.6 Å². The molecular weight excluding hydrogens is 294 g/mol. The Labute approximate surface area is 143 Å². The molecule has 0 amide bonds. The predicted octanol–water partition coefficient (Wildman–Crippen LogP) is 2.05. The smallest absolute Gasteiger partial charge is 0.275 e. The first-order valence-corrected chi connectivity index (χ1v) is 8.94. The number of likely N-dealkylation sites (N-methyl/N-ethyl adjacent to an activating group) is 1. The molecule has 1 saturated heterocycles. The van der Waals surface area contributed by atoms with Crippen molar-refractivity contribution in [1.82, 2.24) is 0 Å². The van der Waals surface area contributed by atoms with Gasteiger partial charge in [-0.25, -0.2) is 4.98 Å². The third-order valence-electron chi connectivity index (χ3n) is 5.16. The summed E-state index contributed by atoms with van der Waals surface area (Å²) >= 11 is 0. The van der Waals surface area contributed by atoms with Gasteiger partial charge in [0.1, 0.15) is 31.7 Å². The molecule has 0 radical (unpaired) electrons. The molecule has 3 aromatic rings. The van der Waals surface area contributed by atoms with E-state index in [0.29, 0.717) is 0 Å². The number of benzene rings is 2. The van der Waals surface area contributed by atoms with E-state index < -0.39 is 0 Å². The maximum atomic E-state index is 3.66. The monoisotopic (exact) mass is 319 g/mol. The molecule has 1 aliphatic heterocycles. The van der Waals surface area contributed by atoms with Crippen molar-refractivity contribution in [1.29, 1.82) is 0 Å². The van der Waals surface area contributed by atoms with E-state index in [2.05, 4.69) is 77.5 Å². The van der Waals surface area contributed by atoms with Crippen molar-refractivity contribution in [3.8, 4) is 11.1 Å². The summed E-state index contributed by atoms with van der Waals surface area (Å²) < 4.78 is 0. The summed E-state index contributed by atoms with van der Waals surface area (Å²) in [4.78, 5) is 7.86. The lowest BCUT2D eigenvalue weighted by molar-refractivity contribution is -0.898. The van der Waals surface area contributed by atoms with Crippen LogP contribution in [0.3, 0.4) is 0 Å². The first-order chi connectivity index (χ1) is 11.8. The summed E-state index contributed by atoms with van der Waals surface area (Å²) in [5, 5.41) is 1.28. The summed E-state index contributed by atoms with van der Waals surface area (Å²) in [5.41, 5.74) is 3.80. The summed E-state index contributed by atoms with van der Waals surface area (Å²) in [7, 11) is 0. The number of nitrogens with one attached hydrogen (secondary N) is 2. The minimum atomic E-state index is 1.12. The van der Waals surface area contributed by atoms with Crippen LogP contribution in [-0.4, -0.2) is 32.7 Å². The van der Waals surface area contributed by atoms with E-state index in [1.54, 1.807) is 4.90 Å². The van der Waals surface area contributed by atoms with E-state index in [9.17, 15) is 0 Å². The van der Waals surface area contributed by atoms with Crippen molar-refractivity contribution < 1.29 is 9.88 Å². The van der Waals surface area contributed by atoms with Gasteiger partial charge in [-0.1, -0.05) is 48.5 Å². The average molecular weight is 319 g/mol. The van der Waals surface area contributed by atoms with E-state index in [-0.39, 0.29) is 0 Å². The number of anilines is 1. The van der Waals surface area contributed by atoms with Gasteiger partial charge in [0.15, 0.2) is 0 Å². The second kappa shape index (κ2) is 6.62. The number of pyridine rings is 1. The molecule has 1 fully saturated rings. The summed E-state index contributed by atoms with van der Waals surface area (Å²) in [5.74, 6) is 1.24. The van der Waals surface area contributed by atoms with Gasteiger partial charge in [-0.05, 0) is 18.6 Å². The molecule has 2 aromatic carbocycles. The molecule has 24 heavy (non-hydrogen) atoms. The summed E-state index contributed by atoms with van der Waals surface area (Å²) in [6.07, 6.45) is 0. The lowest BCUT2D eigenvalue weighted by Gasteiger charge is -2.27. The zero-order valence-corrected chi connectivity index (χ0v) is 14.3. The number of piperazine rings is 1. The molecule has 2 heterocycles. The zero-order chi connectivity index (χ0) is 16.4. The van der Waals surface area contributed by atoms with Crippen LogP contribution in [0.4, 0.5) is 5.82 Å². The van der Waals surface area contributed by atoms with Gasteiger partial charge in [0.2, 0.25) is 0 Å². The molecule has 0 bridgehead atoms. The highest BCUT2D eigenvalue weighted by Crippen LogP contribution is 2.29. The molecular formula is C21H25N3+2. The van der Waals surface area contributed by atoms with Crippen LogP contribution in [0.1, 0.15) is 6.92 Å². The molecule has 3 nitrogen and oxygen atoms in total. The van der Waals surface area contributed by atoms with Crippen LogP contribution in [0.15, 0.2) is 60.7 Å². The Balaban J connectivity index is 1.78. The molecule has 0 saturated carbocycles. The number of hydrogen-bond donors (Lipinski definition) is 1. The van der Waals surface area contributed by atoms with Crippen molar-refractivity contribution in [2.45, 2.75) is 6.92 Å². The van der Waals surface area contributed by atoms with Crippen LogP contribution in [-0.2, 0) is 0 Å². The number of quaternary nitrogens is 1. The number of rotatable bonds is 3. The number of aromatic nitrogens is 1. The van der Waals surface area contributed by atoms with Gasteiger partial charge in [0.25, 0.3) is 5.82 Å². The fraction of sp³-hybridized carbons (Fsp3) is 0.286. The largest absolute Gasteiger partial charge is 0.329 e. The second-order valence-corrected chi connectivity index (χ2v) is 6.57. The van der Waals surface area contributed by atoms with Crippen LogP contribution in [0.25, 0.3) is 22.0 Å². The van der Waals surface area contributed by atoms with E-state index in [4.69, 9.17) is 0 Å². The summed E-state index contributed by atoms with van der Waals surface area (Å²) in [6, 6.07) is 21.6. The first-order valence-electron chi connectivity index (χ1n) is 8.94. The number of H-pyrrole nitrogens is 1. The fourth-order valence-corrected chi connectivity index (χ4v) is 3.66. The number of nitrogens with zero attached hydrogens (tertiary/aromatic N) is 1. The molecule has 0 atom stereocenters. The van der Waals surface area contributed by atoms with Gasteiger partial charge in [0, 0.05) is 17.0 Å². The highest BCUT2D eigenvalue weighted by molar-refractivity contribution is 5.93. The van der Waals surface area contributed by atoms with Crippen LogP contribution in [0.5, 0.6) is 0 Å². The number of aromatic amines is 1. The van der Waals surface area contributed by atoms with Crippen LogP contribution >= 0.6 is 0 Å². The van der Waals surface area contributed by atoms with E-state index >= 15 is 0 Å². The molecule has 122 valence electrons. The Morgan fingerprint density at radius 3 is 2.42 bits per heavy atom. The topological polar surface area (TPSA) is 21.8 Å². The van der Waals surface area contributed by atoms with Gasteiger partial charge >= 0.3 is 0 Å². The molecule has 1 aliphatic rings. The SMILES string of the molecule is CC[NH+]1CCN(c2cc(-c3ccccc3)c3ccccc3[nH+]2)CC1. The van der Waals surface area contributed by atoms with Gasteiger partial charge in [0.05, 0.1) is 6.54 Å². The highest BCUT2D eigenvalue weighted by atomic mass is 15.3. The number of para-hydroxylation sites is 1. The average Bonchev–Trinajstić information content (AvgIpc) is 2.68. The Hall–Kier alpha value is -2.39. The van der Waals surface area contributed by atoms with E-state index in [1.165, 1.54) is 47.5 Å². The Morgan fingerprint density at radius 1 is 0.958 bits per heavy atom. The highest BCUT2D eigenvalue weighted by Gasteiger charge is 2.26. The molecule has 1 aromatic heterocycles. The van der Waals surface area contributed by atoms with Crippen molar-refractivity contribution in [3.05, 3.63) is 60.7 Å². The Morgan fingerprint density at radius 2 is 1.67 bits per heavy atom. The van der Waals surface area contributed by atoms with Crippen LogP contribution in [0.2, 0.25) is 0 Å². The minimum absolute atomic E-state index is 1.12. The zero-order valence-electron chi connectivity index (χ0n) is 14.3. The maximum Gasteiger partial charge on any atom is 0.275 e. The van der Waals surface area contributed by atoms with Crippen molar-refractivity contribution >= 4 is 16.7 Å². The molecule has 0 spiro atoms. The molecule has 0 aliphatic carbocycles. The van der Waals surface area contributed by atoms with Gasteiger partial charge < -0.3 is 4.90 Å². The summed E-state index contributed by atoms with van der Waals surface area (Å²) in [6.45, 7) is 8.18. The molecule has 3 heteroatoms. The van der Waals surface area contributed by atoms with Gasteiger partial charge in [-0.3, -0.25) is 4.90 Å². The fourth-order valence-electron chi connectivity index (χ4n) is 3.66. The van der Waals surface area contributed by atoms with Crippen molar-refractivity contribution in [3.63, 3.8) is 0 Å². The molecule has 0 unspecified atom stereocenters. The Bertz CT molecular complexity index is 821. The minimum Gasteiger partial charge on any atom is -0.329 e. The van der Waals surface area contributed by atoms with Gasteiger partial charge in [-0.2, -0.15) is 0 Å². The lowest BCUT2D eigenvalue weighted by atomic mass is 10.0. The normalized spacial score (nSPS) is 15.8. The van der Waals surface area contributed by atoms with Crippen LogP contribution < -0.4 is 14.8 Å². The molecule has 2 N–H and O–H groups in total. The second-order valence-electron chi connectivity index (χ2n) is 6.57. The van der Waals surface area contributed by atoms with Gasteiger partial charge in [-0.15, -0.1) is 0 Å². The standard InChI is InChI=1S/C21H23N3/c1-2-23-12-14-24(15-13-23)21-16-19(17-8-4-3-5-9-17)18-10-6-7-11-20(18)22-21/h3-11,16H,2,12-15H2,1H3/p+2. The van der Waals surface area contributed by atoms with E-state index in [1.807, 2.05) is 0 Å². The maximum absolute atomic E-state index is 3.66. The number of hydrogen-bond acceptors (Lipinski definition) is 1. The third kappa shape index (κ3) is 2.87. The Kier molecular flexibility index (Phi) is 4.18. The predicted molar refractivity (Wildman–Crippen MR) is 99.4 cm³/mol. The molecule has 4 rings (SSSR count). The van der Waals surface area contributed by atoms with Crippen molar-refractivity contribution in [2.24, 2.45) is 0 Å². The van der Waals surface area contributed by atoms with Crippen LogP contribution in [0, 0.1) is 0 Å². The third-order valence-corrected chi connectivity index (χ3v) is 5.16. The number of fused-ring (bicyclic) bond motifs is 1. The lowest BCUT2D eigenvalue weighted by Crippen LogP contribution is -3.14. The quantitative estimate of drug-likeness (QED) is 0.784.